The van der Waals surface area contributed by atoms with Crippen LogP contribution >= 0.6 is 27.3 Å². The standard InChI is InChI=1S/C29H29BrF2N6O2S/c1-40-24-5-3-2-4-19(24)23-15-41-28(34-23)16-8-10-37(11-9-16)29(39)17-6-7-18(12-17)38-14-22(35-36-38)20-13-21(31)25(30)26(32)27(20)33/h2-5,13-18H,6-12,33H2,1H3. The number of anilines is 1. The van der Waals surface area contributed by atoms with Crippen molar-refractivity contribution in [3.05, 3.63) is 63.0 Å². The lowest BCUT2D eigenvalue weighted by molar-refractivity contribution is -0.136. The van der Waals surface area contributed by atoms with Gasteiger partial charge in [0.05, 0.1) is 40.2 Å². The first-order valence-electron chi connectivity index (χ1n) is 13.6. The van der Waals surface area contributed by atoms with Crippen molar-refractivity contribution in [2.75, 3.05) is 25.9 Å². The molecule has 1 aliphatic carbocycles. The molecule has 0 spiro atoms. The van der Waals surface area contributed by atoms with Gasteiger partial charge in [0.25, 0.3) is 0 Å². The number of likely N-dealkylation sites (tertiary alicyclic amines) is 1. The highest BCUT2D eigenvalue weighted by Gasteiger charge is 2.36. The Balaban J connectivity index is 1.06. The van der Waals surface area contributed by atoms with Crippen LogP contribution in [0.3, 0.4) is 0 Å². The fourth-order valence-electron chi connectivity index (χ4n) is 5.88. The number of amides is 1. The number of ether oxygens (including phenoxy) is 1. The van der Waals surface area contributed by atoms with Crippen molar-refractivity contribution >= 4 is 38.9 Å². The molecule has 6 rings (SSSR count). The largest absolute Gasteiger partial charge is 0.496 e. The minimum absolute atomic E-state index is 0.0159. The number of carbonyl (C=O) groups excluding carboxylic acids is 1. The van der Waals surface area contributed by atoms with E-state index in [1.807, 2.05) is 29.2 Å². The Morgan fingerprint density at radius 2 is 1.90 bits per heavy atom. The maximum atomic E-state index is 14.3. The molecule has 12 heteroatoms. The molecule has 8 nitrogen and oxygen atoms in total. The maximum absolute atomic E-state index is 14.3. The zero-order chi connectivity index (χ0) is 28.7. The molecule has 2 fully saturated rings. The summed E-state index contributed by atoms with van der Waals surface area (Å²) >= 11 is 4.53. The van der Waals surface area contributed by atoms with Gasteiger partial charge in [-0.15, -0.1) is 16.4 Å². The average Bonchev–Trinajstić information content (AvgIpc) is 3.79. The van der Waals surface area contributed by atoms with Gasteiger partial charge >= 0.3 is 0 Å². The van der Waals surface area contributed by atoms with Gasteiger partial charge in [0, 0.05) is 41.4 Å². The Kier molecular flexibility index (Phi) is 7.78. The minimum Gasteiger partial charge on any atom is -0.496 e. The first-order valence-corrected chi connectivity index (χ1v) is 15.2. The molecule has 0 bridgehead atoms. The van der Waals surface area contributed by atoms with Gasteiger partial charge in [-0.1, -0.05) is 17.3 Å². The fourth-order valence-corrected chi connectivity index (χ4v) is 7.20. The van der Waals surface area contributed by atoms with E-state index in [1.54, 1.807) is 29.3 Å². The van der Waals surface area contributed by atoms with Gasteiger partial charge in [-0.2, -0.15) is 0 Å². The van der Waals surface area contributed by atoms with Gasteiger partial charge in [0.2, 0.25) is 5.91 Å². The summed E-state index contributed by atoms with van der Waals surface area (Å²) < 4.78 is 35.2. The van der Waals surface area contributed by atoms with Gasteiger partial charge < -0.3 is 15.4 Å². The number of para-hydroxylation sites is 1. The molecule has 1 saturated heterocycles. The molecule has 41 heavy (non-hydrogen) atoms. The van der Waals surface area contributed by atoms with Crippen molar-refractivity contribution in [1.29, 1.82) is 0 Å². The summed E-state index contributed by atoms with van der Waals surface area (Å²) in [4.78, 5) is 20.3. The zero-order valence-corrected chi connectivity index (χ0v) is 24.8. The van der Waals surface area contributed by atoms with E-state index in [2.05, 4.69) is 31.6 Å². The van der Waals surface area contributed by atoms with Crippen molar-refractivity contribution < 1.29 is 18.3 Å². The van der Waals surface area contributed by atoms with E-state index < -0.39 is 11.6 Å². The number of rotatable bonds is 6. The molecule has 2 N–H and O–H groups in total. The average molecular weight is 644 g/mol. The van der Waals surface area contributed by atoms with Crippen molar-refractivity contribution in [3.8, 4) is 28.3 Å². The molecule has 1 amide bonds. The molecule has 3 heterocycles. The Morgan fingerprint density at radius 1 is 1.12 bits per heavy atom. The SMILES string of the molecule is COc1ccccc1-c1csc(C2CCN(C(=O)C3CCC(n4cc(-c5cc(F)c(Br)c(F)c5N)nn4)C3)CC2)n1. The smallest absolute Gasteiger partial charge is 0.225 e. The third-order valence-corrected chi connectivity index (χ3v) is 9.91. The van der Waals surface area contributed by atoms with E-state index in [-0.39, 0.29) is 33.6 Å². The van der Waals surface area contributed by atoms with Crippen LogP contribution in [0.15, 0.2) is 46.4 Å². The molecule has 214 valence electrons. The number of hydrogen-bond donors (Lipinski definition) is 1. The lowest BCUT2D eigenvalue weighted by Gasteiger charge is -2.33. The summed E-state index contributed by atoms with van der Waals surface area (Å²) in [5.74, 6) is -0.393. The normalized spacial score (nSPS) is 19.6. The highest BCUT2D eigenvalue weighted by molar-refractivity contribution is 9.10. The molecular weight excluding hydrogens is 614 g/mol. The van der Waals surface area contributed by atoms with Gasteiger partial charge in [-0.3, -0.25) is 4.79 Å². The molecule has 0 radical (unpaired) electrons. The van der Waals surface area contributed by atoms with E-state index in [9.17, 15) is 13.6 Å². The van der Waals surface area contributed by atoms with Crippen LogP contribution in [0.4, 0.5) is 14.5 Å². The molecule has 2 unspecified atom stereocenters. The van der Waals surface area contributed by atoms with Crippen LogP contribution in [0.2, 0.25) is 0 Å². The molecule has 2 atom stereocenters. The van der Waals surface area contributed by atoms with E-state index in [1.165, 1.54) is 0 Å². The minimum atomic E-state index is -0.864. The molecule has 2 aliphatic rings. The summed E-state index contributed by atoms with van der Waals surface area (Å²) in [5, 5.41) is 11.5. The van der Waals surface area contributed by atoms with E-state index in [4.69, 9.17) is 15.5 Å². The van der Waals surface area contributed by atoms with Gasteiger partial charge in [0.1, 0.15) is 17.3 Å². The molecule has 1 aliphatic heterocycles. The Bertz CT molecular complexity index is 1590. The third kappa shape index (κ3) is 5.34. The Labute approximate surface area is 248 Å². The van der Waals surface area contributed by atoms with Crippen LogP contribution in [0.5, 0.6) is 5.75 Å². The number of nitrogens with zero attached hydrogens (tertiary/aromatic N) is 5. The summed E-state index contributed by atoms with van der Waals surface area (Å²) in [5.41, 5.74) is 8.03. The Morgan fingerprint density at radius 3 is 2.68 bits per heavy atom. The van der Waals surface area contributed by atoms with Gasteiger partial charge in [-0.05, 0) is 66.2 Å². The maximum Gasteiger partial charge on any atom is 0.225 e. The van der Waals surface area contributed by atoms with Crippen LogP contribution in [0, 0.1) is 17.6 Å². The molecule has 4 aromatic rings. The van der Waals surface area contributed by atoms with Crippen LogP contribution in [0.1, 0.15) is 49.1 Å². The predicted octanol–water partition coefficient (Wildman–Crippen LogP) is 6.45. The number of benzene rings is 2. The highest BCUT2D eigenvalue weighted by Crippen LogP contribution is 2.40. The number of thiazole rings is 1. The second-order valence-corrected chi connectivity index (χ2v) is 12.2. The molecule has 2 aromatic heterocycles. The van der Waals surface area contributed by atoms with Crippen molar-refractivity contribution in [2.24, 2.45) is 5.92 Å². The number of nitrogen functional groups attached to an aromatic ring is 1. The third-order valence-electron chi connectivity index (χ3n) is 8.18. The van der Waals surface area contributed by atoms with E-state index >= 15 is 0 Å². The summed E-state index contributed by atoms with van der Waals surface area (Å²) in [6.07, 6.45) is 5.60. The number of halogens is 3. The van der Waals surface area contributed by atoms with Crippen molar-refractivity contribution in [2.45, 2.75) is 44.1 Å². The quantitative estimate of drug-likeness (QED) is 0.192. The number of methoxy groups -OCH3 is 1. The summed E-state index contributed by atoms with van der Waals surface area (Å²) in [6, 6.07) is 9.02. The first kappa shape index (κ1) is 27.8. The number of piperidine rings is 1. The number of nitrogens with two attached hydrogens (primary N) is 1. The van der Waals surface area contributed by atoms with Crippen LogP contribution in [0.25, 0.3) is 22.5 Å². The van der Waals surface area contributed by atoms with E-state index in [0.717, 1.165) is 53.8 Å². The predicted molar refractivity (Wildman–Crippen MR) is 157 cm³/mol. The first-order chi connectivity index (χ1) is 19.8. The monoisotopic (exact) mass is 642 g/mol. The number of aromatic nitrogens is 4. The van der Waals surface area contributed by atoms with Gasteiger partial charge in [0.15, 0.2) is 5.82 Å². The van der Waals surface area contributed by atoms with Crippen molar-refractivity contribution in [1.82, 2.24) is 24.9 Å². The molecule has 1 saturated carbocycles. The second-order valence-electron chi connectivity index (χ2n) is 10.6. The number of carbonyl (C=O) groups is 1. The van der Waals surface area contributed by atoms with Gasteiger partial charge in [-0.25, -0.2) is 18.4 Å². The lowest BCUT2D eigenvalue weighted by Crippen LogP contribution is -2.40. The van der Waals surface area contributed by atoms with E-state index in [0.29, 0.717) is 31.1 Å². The molecular formula is C29H29BrF2N6O2S. The summed E-state index contributed by atoms with van der Waals surface area (Å²) in [6.45, 7) is 1.42. The zero-order valence-electron chi connectivity index (χ0n) is 22.4. The van der Waals surface area contributed by atoms with Crippen LogP contribution in [-0.2, 0) is 4.79 Å². The fraction of sp³-hybridized carbons (Fsp3) is 0.379. The summed E-state index contributed by atoms with van der Waals surface area (Å²) in [7, 11) is 1.67. The van der Waals surface area contributed by atoms with Crippen molar-refractivity contribution in [3.63, 3.8) is 0 Å². The second kappa shape index (κ2) is 11.5. The molecule has 2 aromatic carbocycles. The topological polar surface area (TPSA) is 99.2 Å². The highest BCUT2D eigenvalue weighted by atomic mass is 79.9. The van der Waals surface area contributed by atoms with Crippen LogP contribution < -0.4 is 10.5 Å². The Hall–Kier alpha value is -3.38. The van der Waals surface area contributed by atoms with Crippen LogP contribution in [-0.4, -0.2) is 51.0 Å². The number of hydrogen-bond acceptors (Lipinski definition) is 7. The lowest BCUT2D eigenvalue weighted by atomic mass is 9.95.